The third-order valence-electron chi connectivity index (χ3n) is 8.70. The lowest BCUT2D eigenvalue weighted by atomic mass is 9.86. The summed E-state index contributed by atoms with van der Waals surface area (Å²) in [4.78, 5) is 17.9. The van der Waals surface area contributed by atoms with E-state index in [1.165, 1.54) is 5.56 Å². The summed E-state index contributed by atoms with van der Waals surface area (Å²) in [6, 6.07) is 24.1. The number of benzene rings is 3. The first-order valence-electron chi connectivity index (χ1n) is 14.8. The molecule has 0 aliphatic carbocycles. The third kappa shape index (κ3) is 6.41. The van der Waals surface area contributed by atoms with Gasteiger partial charge in [0.05, 0.1) is 12.6 Å². The van der Waals surface area contributed by atoms with Crippen LogP contribution < -0.4 is 9.47 Å². The second kappa shape index (κ2) is 12.9. The summed E-state index contributed by atoms with van der Waals surface area (Å²) in [5.41, 5.74) is 4.66. The molecule has 0 spiro atoms. The Labute approximate surface area is 248 Å². The largest absolute Gasteiger partial charge is 0.491 e. The predicted octanol–water partition coefficient (Wildman–Crippen LogP) is 5.47. The fourth-order valence-corrected chi connectivity index (χ4v) is 6.37. The van der Waals surface area contributed by atoms with E-state index in [2.05, 4.69) is 41.2 Å². The van der Waals surface area contributed by atoms with Gasteiger partial charge in [-0.1, -0.05) is 54.5 Å². The van der Waals surface area contributed by atoms with Gasteiger partial charge in [0, 0.05) is 18.5 Å². The zero-order valence-electron chi connectivity index (χ0n) is 24.0. The fourth-order valence-electron chi connectivity index (χ4n) is 6.37. The number of ether oxygens (including phenoxy) is 4. The quantitative estimate of drug-likeness (QED) is 0.227. The minimum atomic E-state index is -0.220. The highest BCUT2D eigenvalue weighted by atomic mass is 16.6. The topological polar surface area (TPSA) is 60.5 Å². The number of fused-ring (bicyclic) bond motifs is 3. The van der Waals surface area contributed by atoms with E-state index >= 15 is 0 Å². The molecule has 1 amide bonds. The first-order valence-corrected chi connectivity index (χ1v) is 14.8. The molecule has 0 unspecified atom stereocenters. The van der Waals surface area contributed by atoms with Gasteiger partial charge in [-0.2, -0.15) is 0 Å². The summed E-state index contributed by atoms with van der Waals surface area (Å²) in [5, 5.41) is 0. The summed E-state index contributed by atoms with van der Waals surface area (Å²) in [5.74, 6) is 3.98. The van der Waals surface area contributed by atoms with Crippen LogP contribution in [0.4, 0.5) is 4.79 Å². The Morgan fingerprint density at radius 1 is 0.905 bits per heavy atom. The Bertz CT molecular complexity index is 1390. The minimum absolute atomic E-state index is 0.141. The molecule has 7 nitrogen and oxygen atoms in total. The SMILES string of the molecule is C#CCOCCOc1ccc(COc2ccc([C@H]3c4ccccc4CCN3C(=O)OCC34CCN(CC3)C4)cc2)cc1. The van der Waals surface area contributed by atoms with Gasteiger partial charge in [-0.05, 0) is 78.9 Å². The molecular weight excluding hydrogens is 528 g/mol. The van der Waals surface area contributed by atoms with E-state index in [-0.39, 0.29) is 17.6 Å². The Morgan fingerprint density at radius 2 is 1.64 bits per heavy atom. The van der Waals surface area contributed by atoms with Crippen molar-refractivity contribution in [1.82, 2.24) is 9.80 Å². The summed E-state index contributed by atoms with van der Waals surface area (Å²) in [6.07, 6.45) is 8.02. The van der Waals surface area contributed by atoms with Gasteiger partial charge in [-0.25, -0.2) is 4.79 Å². The Balaban J connectivity index is 1.08. The van der Waals surface area contributed by atoms with Crippen LogP contribution in [-0.4, -0.2) is 68.5 Å². The van der Waals surface area contributed by atoms with Crippen LogP contribution >= 0.6 is 0 Å². The number of carbonyl (C=O) groups excluding carboxylic acids is 1. The van der Waals surface area contributed by atoms with Gasteiger partial charge < -0.3 is 23.8 Å². The molecule has 3 aromatic carbocycles. The van der Waals surface area contributed by atoms with Crippen LogP contribution in [0, 0.1) is 17.8 Å². The second-order valence-corrected chi connectivity index (χ2v) is 11.5. The van der Waals surface area contributed by atoms with Crippen LogP contribution in [0.5, 0.6) is 11.5 Å². The predicted molar refractivity (Wildman–Crippen MR) is 161 cm³/mol. The van der Waals surface area contributed by atoms with E-state index in [4.69, 9.17) is 25.4 Å². The Hall–Kier alpha value is -3.99. The van der Waals surface area contributed by atoms with Gasteiger partial charge in [0.2, 0.25) is 0 Å². The van der Waals surface area contributed by atoms with Crippen molar-refractivity contribution in [1.29, 1.82) is 0 Å². The molecule has 0 saturated carbocycles. The fraction of sp³-hybridized carbons (Fsp3) is 0.400. The first-order chi connectivity index (χ1) is 20.6. The molecule has 2 saturated heterocycles. The molecule has 6 rings (SSSR count). The molecule has 0 aromatic heterocycles. The lowest BCUT2D eigenvalue weighted by molar-refractivity contribution is 0.0545. The average Bonchev–Trinajstić information content (AvgIpc) is 3.65. The standard InChI is InChI=1S/C35H38N2O5/c1-2-21-39-22-23-40-30-11-7-27(8-12-30)24-41-31-13-9-29(10-14-31)33-32-6-4-3-5-28(32)15-18-37(33)34(38)42-26-35-16-19-36(25-35)20-17-35/h1,3-14,33H,15-26H2/t33-/m0/s1. The van der Waals surface area contributed by atoms with Gasteiger partial charge in [-0.15, -0.1) is 6.42 Å². The van der Waals surface area contributed by atoms with E-state index < -0.39 is 0 Å². The highest BCUT2D eigenvalue weighted by Gasteiger charge is 2.45. The van der Waals surface area contributed by atoms with E-state index in [0.29, 0.717) is 39.6 Å². The number of rotatable bonds is 11. The van der Waals surface area contributed by atoms with Crippen LogP contribution in [0.1, 0.15) is 41.1 Å². The number of hydrogen-bond donors (Lipinski definition) is 0. The summed E-state index contributed by atoms with van der Waals surface area (Å²) >= 11 is 0. The lowest BCUT2D eigenvalue weighted by Crippen LogP contribution is -2.42. The molecule has 3 heterocycles. The number of hydrogen-bond acceptors (Lipinski definition) is 6. The Morgan fingerprint density at radius 3 is 2.38 bits per heavy atom. The third-order valence-corrected chi connectivity index (χ3v) is 8.70. The smallest absolute Gasteiger partial charge is 0.410 e. The van der Waals surface area contributed by atoms with Crippen molar-refractivity contribution in [3.63, 3.8) is 0 Å². The van der Waals surface area contributed by atoms with Crippen molar-refractivity contribution in [2.75, 3.05) is 52.6 Å². The van der Waals surface area contributed by atoms with Crippen LogP contribution in [0.3, 0.4) is 0 Å². The van der Waals surface area contributed by atoms with Crippen LogP contribution in [0.2, 0.25) is 0 Å². The number of carbonyl (C=O) groups is 1. The van der Waals surface area contributed by atoms with Gasteiger partial charge in [0.1, 0.15) is 37.9 Å². The van der Waals surface area contributed by atoms with Crippen LogP contribution in [0.15, 0.2) is 72.8 Å². The van der Waals surface area contributed by atoms with Gasteiger partial charge in [-0.3, -0.25) is 4.90 Å². The van der Waals surface area contributed by atoms with Gasteiger partial charge in [0.15, 0.2) is 0 Å². The molecule has 3 aliphatic rings. The highest BCUT2D eigenvalue weighted by molar-refractivity contribution is 5.70. The molecule has 0 N–H and O–H groups in total. The molecule has 3 aromatic rings. The van der Waals surface area contributed by atoms with Crippen molar-refractivity contribution in [2.24, 2.45) is 5.41 Å². The molecule has 2 fully saturated rings. The average molecular weight is 567 g/mol. The summed E-state index contributed by atoms with van der Waals surface area (Å²) in [6.45, 7) is 6.07. The molecule has 218 valence electrons. The molecule has 7 heteroatoms. The van der Waals surface area contributed by atoms with E-state index in [1.807, 2.05) is 47.4 Å². The number of piperidine rings is 1. The van der Waals surface area contributed by atoms with Gasteiger partial charge in [0.25, 0.3) is 0 Å². The minimum Gasteiger partial charge on any atom is -0.491 e. The first kappa shape index (κ1) is 28.1. The second-order valence-electron chi connectivity index (χ2n) is 11.5. The molecule has 2 bridgehead atoms. The summed E-state index contributed by atoms with van der Waals surface area (Å²) in [7, 11) is 0. The van der Waals surface area contributed by atoms with Crippen LogP contribution in [0.25, 0.3) is 0 Å². The zero-order chi connectivity index (χ0) is 28.8. The van der Waals surface area contributed by atoms with E-state index in [1.54, 1.807) is 0 Å². The maximum absolute atomic E-state index is 13.5. The number of amides is 1. The monoisotopic (exact) mass is 566 g/mol. The van der Waals surface area contributed by atoms with Gasteiger partial charge >= 0.3 is 6.09 Å². The molecule has 1 atom stereocenters. The molecular formula is C35H38N2O5. The summed E-state index contributed by atoms with van der Waals surface area (Å²) < 4.78 is 23.0. The number of terminal acetylenes is 1. The van der Waals surface area contributed by atoms with Crippen molar-refractivity contribution in [3.05, 3.63) is 95.1 Å². The molecule has 3 aliphatic heterocycles. The maximum atomic E-state index is 13.5. The molecule has 42 heavy (non-hydrogen) atoms. The number of nitrogens with zero attached hydrogens (tertiary/aromatic N) is 2. The van der Waals surface area contributed by atoms with Crippen molar-refractivity contribution in [3.8, 4) is 23.8 Å². The normalized spacial score (nSPS) is 22.3. The van der Waals surface area contributed by atoms with E-state index in [9.17, 15) is 4.79 Å². The van der Waals surface area contributed by atoms with E-state index in [0.717, 1.165) is 67.1 Å². The zero-order valence-corrected chi connectivity index (χ0v) is 24.0. The van der Waals surface area contributed by atoms with Crippen molar-refractivity contribution < 1.29 is 23.7 Å². The van der Waals surface area contributed by atoms with Crippen molar-refractivity contribution in [2.45, 2.75) is 31.9 Å². The highest BCUT2D eigenvalue weighted by Crippen LogP contribution is 2.41. The van der Waals surface area contributed by atoms with Crippen LogP contribution in [-0.2, 0) is 22.5 Å². The Kier molecular flexibility index (Phi) is 8.64. The lowest BCUT2D eigenvalue weighted by Gasteiger charge is -2.37. The maximum Gasteiger partial charge on any atom is 0.410 e. The molecule has 0 radical (unpaired) electrons. The van der Waals surface area contributed by atoms with Crippen molar-refractivity contribution >= 4 is 6.09 Å².